The maximum atomic E-state index is 12.7. The number of aromatic amines is 1. The summed E-state index contributed by atoms with van der Waals surface area (Å²) >= 11 is 10.3. The molecule has 1 aliphatic heterocycles. The SMILES string of the molecule is Cc1cc(C)c(C[N+]2(C3CCCC3)C=C(Cl)c3ccc(Br)cc32)c(=O)[nH]1. The van der Waals surface area contributed by atoms with Gasteiger partial charge in [0.15, 0.2) is 0 Å². The van der Waals surface area contributed by atoms with Gasteiger partial charge in [0, 0.05) is 29.1 Å². The van der Waals surface area contributed by atoms with Crippen LogP contribution in [0.15, 0.2) is 39.7 Å². The molecule has 1 N–H and O–H groups in total. The first-order chi connectivity index (χ1) is 12.4. The van der Waals surface area contributed by atoms with Crippen LogP contribution in [0.2, 0.25) is 0 Å². The van der Waals surface area contributed by atoms with Crippen molar-refractivity contribution >= 4 is 38.3 Å². The summed E-state index contributed by atoms with van der Waals surface area (Å²) in [4.78, 5) is 15.7. The zero-order chi connectivity index (χ0) is 18.5. The summed E-state index contributed by atoms with van der Waals surface area (Å²) in [5, 5.41) is 0.792. The molecule has 2 heterocycles. The molecule has 0 saturated heterocycles. The molecule has 1 aromatic heterocycles. The molecule has 1 aliphatic carbocycles. The van der Waals surface area contributed by atoms with Gasteiger partial charge in [0.25, 0.3) is 5.56 Å². The van der Waals surface area contributed by atoms with Gasteiger partial charge < -0.3 is 4.98 Å². The molecular formula is C21H23BrClN2O+. The Balaban J connectivity index is 1.91. The summed E-state index contributed by atoms with van der Waals surface area (Å²) in [6.45, 7) is 4.61. The van der Waals surface area contributed by atoms with Crippen LogP contribution in [0.5, 0.6) is 0 Å². The molecule has 1 saturated carbocycles. The third-order valence-corrected chi connectivity index (χ3v) is 6.69. The second kappa shape index (κ2) is 6.66. The van der Waals surface area contributed by atoms with Gasteiger partial charge in [-0.2, -0.15) is 0 Å². The van der Waals surface area contributed by atoms with Crippen molar-refractivity contribution in [2.24, 2.45) is 0 Å². The average molecular weight is 435 g/mol. The van der Waals surface area contributed by atoms with Crippen LogP contribution in [0.1, 0.15) is 48.1 Å². The number of nitrogens with one attached hydrogen (secondary N) is 1. The van der Waals surface area contributed by atoms with Crippen molar-refractivity contribution in [3.8, 4) is 0 Å². The maximum absolute atomic E-state index is 12.7. The summed E-state index contributed by atoms with van der Waals surface area (Å²) in [5.74, 6) is 0. The summed E-state index contributed by atoms with van der Waals surface area (Å²) in [5.41, 5.74) is 5.12. The van der Waals surface area contributed by atoms with Crippen molar-refractivity contribution in [1.82, 2.24) is 9.47 Å². The predicted molar refractivity (Wildman–Crippen MR) is 112 cm³/mol. The first-order valence-corrected chi connectivity index (χ1v) is 10.3. The molecule has 0 spiro atoms. The molecule has 0 radical (unpaired) electrons. The quantitative estimate of drug-likeness (QED) is 0.612. The summed E-state index contributed by atoms with van der Waals surface area (Å²) in [7, 11) is 0. The number of rotatable bonds is 3. The normalized spacial score (nSPS) is 22.5. The van der Waals surface area contributed by atoms with Crippen LogP contribution < -0.4 is 10.0 Å². The highest BCUT2D eigenvalue weighted by molar-refractivity contribution is 9.10. The van der Waals surface area contributed by atoms with Crippen LogP contribution in [0.25, 0.3) is 5.03 Å². The van der Waals surface area contributed by atoms with Gasteiger partial charge in [-0.15, -0.1) is 0 Å². The number of aromatic nitrogens is 1. The number of hydrogen-bond acceptors (Lipinski definition) is 1. The molecule has 2 aliphatic rings. The number of benzene rings is 1. The van der Waals surface area contributed by atoms with E-state index in [1.54, 1.807) is 0 Å². The van der Waals surface area contributed by atoms with E-state index in [1.165, 1.54) is 18.5 Å². The van der Waals surface area contributed by atoms with Crippen LogP contribution in [0.4, 0.5) is 5.69 Å². The molecule has 3 nitrogen and oxygen atoms in total. The number of hydrogen-bond donors (Lipinski definition) is 1. The largest absolute Gasteiger partial charge is 0.326 e. The van der Waals surface area contributed by atoms with E-state index >= 15 is 0 Å². The van der Waals surface area contributed by atoms with E-state index in [4.69, 9.17) is 11.6 Å². The highest BCUT2D eigenvalue weighted by Gasteiger charge is 2.46. The minimum atomic E-state index is 0.0194. The van der Waals surface area contributed by atoms with E-state index in [1.807, 2.05) is 19.9 Å². The Labute approximate surface area is 167 Å². The number of quaternary nitrogens is 1. The number of halogens is 2. The zero-order valence-electron chi connectivity index (χ0n) is 15.1. The zero-order valence-corrected chi connectivity index (χ0v) is 17.5. The number of H-pyrrole nitrogens is 1. The first-order valence-electron chi connectivity index (χ1n) is 9.16. The Morgan fingerprint density at radius 3 is 2.65 bits per heavy atom. The van der Waals surface area contributed by atoms with Gasteiger partial charge in [-0.05, 0) is 50.5 Å². The van der Waals surface area contributed by atoms with Crippen molar-refractivity contribution in [1.29, 1.82) is 0 Å². The summed E-state index contributed by atoms with van der Waals surface area (Å²) in [6.07, 6.45) is 6.98. The van der Waals surface area contributed by atoms with E-state index in [0.717, 1.165) is 44.7 Å². The molecule has 4 rings (SSSR count). The lowest BCUT2D eigenvalue weighted by Gasteiger charge is -2.38. The monoisotopic (exact) mass is 433 g/mol. The fourth-order valence-electron chi connectivity index (χ4n) is 4.66. The van der Waals surface area contributed by atoms with Gasteiger partial charge in [0.05, 0.1) is 17.2 Å². The molecule has 1 unspecified atom stereocenters. The fraction of sp³-hybridized carbons (Fsp3) is 0.381. The number of nitrogens with zero attached hydrogens (tertiary/aromatic N) is 1. The Morgan fingerprint density at radius 1 is 1.23 bits per heavy atom. The molecule has 1 aromatic carbocycles. The van der Waals surface area contributed by atoms with E-state index in [2.05, 4.69) is 45.3 Å². The van der Waals surface area contributed by atoms with Crippen molar-refractivity contribution in [3.63, 3.8) is 0 Å². The van der Waals surface area contributed by atoms with Crippen molar-refractivity contribution in [2.75, 3.05) is 0 Å². The van der Waals surface area contributed by atoms with Crippen LogP contribution in [0, 0.1) is 13.8 Å². The second-order valence-corrected chi connectivity index (χ2v) is 8.93. The van der Waals surface area contributed by atoms with Crippen LogP contribution in [-0.2, 0) is 6.54 Å². The minimum Gasteiger partial charge on any atom is -0.326 e. The predicted octanol–water partition coefficient (Wildman–Crippen LogP) is 5.76. The number of fused-ring (bicyclic) bond motifs is 1. The number of aryl methyl sites for hydroxylation is 2. The van der Waals surface area contributed by atoms with Gasteiger partial charge in [0.2, 0.25) is 0 Å². The molecular weight excluding hydrogens is 412 g/mol. The van der Waals surface area contributed by atoms with Crippen LogP contribution in [0.3, 0.4) is 0 Å². The van der Waals surface area contributed by atoms with Gasteiger partial charge in [-0.25, -0.2) is 0 Å². The standard InChI is InChI=1S/C21H22BrClN2O/c1-13-9-14(2)24-21(26)18(13)11-25(16-5-3-4-6-16)12-19(23)17-8-7-15(22)10-20(17)25/h7-10,12,16H,3-6,11H2,1-2H3/p+1. The fourth-order valence-corrected chi connectivity index (χ4v) is 5.34. The van der Waals surface area contributed by atoms with Gasteiger partial charge in [0.1, 0.15) is 23.5 Å². The van der Waals surface area contributed by atoms with Crippen molar-refractivity contribution in [3.05, 3.63) is 67.7 Å². The van der Waals surface area contributed by atoms with Crippen LogP contribution >= 0.6 is 27.5 Å². The van der Waals surface area contributed by atoms with Gasteiger partial charge in [-0.3, -0.25) is 9.28 Å². The third kappa shape index (κ3) is 2.88. The Hall–Kier alpha value is -1.36. The highest BCUT2D eigenvalue weighted by Crippen LogP contribution is 2.49. The lowest BCUT2D eigenvalue weighted by atomic mass is 10.0. The van der Waals surface area contributed by atoms with E-state index in [-0.39, 0.29) is 5.56 Å². The molecule has 0 bridgehead atoms. The number of pyridine rings is 1. The molecule has 5 heteroatoms. The van der Waals surface area contributed by atoms with Crippen LogP contribution in [-0.4, -0.2) is 11.0 Å². The Morgan fingerprint density at radius 2 is 1.96 bits per heavy atom. The molecule has 1 fully saturated rings. The third-order valence-electron chi connectivity index (χ3n) is 5.90. The average Bonchev–Trinajstić information content (AvgIpc) is 3.19. The van der Waals surface area contributed by atoms with E-state index < -0.39 is 0 Å². The highest BCUT2D eigenvalue weighted by atomic mass is 79.9. The van der Waals surface area contributed by atoms with E-state index in [0.29, 0.717) is 17.1 Å². The molecule has 26 heavy (non-hydrogen) atoms. The smallest absolute Gasteiger partial charge is 0.257 e. The molecule has 136 valence electrons. The summed E-state index contributed by atoms with van der Waals surface area (Å²) < 4.78 is 1.70. The van der Waals surface area contributed by atoms with Gasteiger partial charge in [-0.1, -0.05) is 27.5 Å². The lowest BCUT2D eigenvalue weighted by Crippen LogP contribution is -2.50. The van der Waals surface area contributed by atoms with Crippen molar-refractivity contribution < 1.29 is 0 Å². The lowest BCUT2D eigenvalue weighted by molar-refractivity contribution is 0.273. The molecule has 1 atom stereocenters. The second-order valence-electron chi connectivity index (χ2n) is 7.61. The first kappa shape index (κ1) is 18.0. The van der Waals surface area contributed by atoms with Crippen molar-refractivity contribution in [2.45, 2.75) is 52.1 Å². The minimum absolute atomic E-state index is 0.0194. The maximum Gasteiger partial charge on any atom is 0.257 e. The topological polar surface area (TPSA) is 32.9 Å². The molecule has 0 amide bonds. The Bertz CT molecular complexity index is 959. The van der Waals surface area contributed by atoms with Gasteiger partial charge >= 0.3 is 0 Å². The summed E-state index contributed by atoms with van der Waals surface area (Å²) in [6, 6.07) is 8.81. The van der Waals surface area contributed by atoms with E-state index in [9.17, 15) is 4.79 Å². The Kier molecular flexibility index (Phi) is 4.62. The molecule has 2 aromatic rings.